The molecule has 0 unspecified atom stereocenters. The summed E-state index contributed by atoms with van der Waals surface area (Å²) >= 11 is 7.20. The van der Waals surface area contributed by atoms with Gasteiger partial charge in [-0.15, -0.1) is 11.3 Å². The summed E-state index contributed by atoms with van der Waals surface area (Å²) in [7, 11) is -2.41. The Morgan fingerprint density at radius 3 is 2.62 bits per heavy atom. The smallest absolute Gasteiger partial charge is 0.248 e. The molecule has 9 nitrogen and oxygen atoms in total. The Morgan fingerprint density at radius 2 is 2.03 bits per heavy atom. The number of nitrogens with zero attached hydrogens (tertiary/aromatic N) is 2. The molecule has 1 N–H and O–H groups in total. The summed E-state index contributed by atoms with van der Waals surface area (Å²) in [6.45, 7) is 5.42. The number of rotatable bonds is 8. The van der Waals surface area contributed by atoms with Gasteiger partial charge in [0.2, 0.25) is 21.8 Å². The molecule has 0 bridgehead atoms. The number of likely N-dealkylation sites (tertiary alicyclic amines) is 1. The molecule has 0 aromatic carbocycles. The van der Waals surface area contributed by atoms with Crippen molar-refractivity contribution in [2.24, 2.45) is 0 Å². The molecule has 0 saturated carbocycles. The molecule has 1 aromatic heterocycles. The molecule has 2 aliphatic heterocycles. The third-order valence-electron chi connectivity index (χ3n) is 5.57. The first-order valence-electron chi connectivity index (χ1n) is 10.3. The zero-order valence-electron chi connectivity index (χ0n) is 18.2. The number of morpholine rings is 1. The van der Waals surface area contributed by atoms with Crippen LogP contribution in [0.4, 0.5) is 0 Å². The van der Waals surface area contributed by atoms with Crippen molar-refractivity contribution in [2.45, 2.75) is 38.5 Å². The normalized spacial score (nSPS) is 22.3. The SMILES string of the molecule is CO[C@H](C)[C@@H](C(=O)N1CCOCC1)N1CC[C@H](NS(=O)(=O)/C=C(\C)c2ccc(Cl)s2)C1=O. The minimum atomic E-state index is -3.89. The molecule has 0 radical (unpaired) electrons. The van der Waals surface area contributed by atoms with Gasteiger partial charge in [-0.1, -0.05) is 11.6 Å². The van der Waals surface area contributed by atoms with Gasteiger partial charge in [0.25, 0.3) is 0 Å². The van der Waals surface area contributed by atoms with Gasteiger partial charge in [0.05, 0.1) is 29.1 Å². The predicted molar refractivity (Wildman–Crippen MR) is 123 cm³/mol. The maximum atomic E-state index is 13.2. The van der Waals surface area contributed by atoms with Crippen LogP contribution in [0.3, 0.4) is 0 Å². The second-order valence-corrected chi connectivity index (χ2v) is 11.0. The zero-order chi connectivity index (χ0) is 23.5. The van der Waals surface area contributed by atoms with Crippen molar-refractivity contribution in [1.82, 2.24) is 14.5 Å². The van der Waals surface area contributed by atoms with E-state index in [0.29, 0.717) is 36.2 Å². The summed E-state index contributed by atoms with van der Waals surface area (Å²) in [6.07, 6.45) is -0.283. The minimum absolute atomic E-state index is 0.218. The Hall–Kier alpha value is -1.50. The van der Waals surface area contributed by atoms with Crippen LogP contribution in [0.2, 0.25) is 4.34 Å². The number of hydrogen-bond donors (Lipinski definition) is 1. The van der Waals surface area contributed by atoms with Crippen molar-refractivity contribution in [3.8, 4) is 0 Å². The molecule has 2 amide bonds. The van der Waals surface area contributed by atoms with Crippen LogP contribution in [-0.2, 0) is 29.1 Å². The lowest BCUT2D eigenvalue weighted by atomic mass is 10.1. The fourth-order valence-electron chi connectivity index (χ4n) is 3.82. The van der Waals surface area contributed by atoms with Gasteiger partial charge in [-0.2, -0.15) is 4.72 Å². The maximum absolute atomic E-state index is 13.2. The molecule has 1 aromatic rings. The fraction of sp³-hybridized carbons (Fsp3) is 0.600. The molecular formula is C20H28ClN3O6S2. The molecule has 3 heterocycles. The summed E-state index contributed by atoms with van der Waals surface area (Å²) in [5, 5.41) is 1.10. The average Bonchev–Trinajstić information content (AvgIpc) is 3.34. The second-order valence-electron chi connectivity index (χ2n) is 7.76. The van der Waals surface area contributed by atoms with Gasteiger partial charge in [0.15, 0.2) is 0 Å². The molecule has 0 aliphatic carbocycles. The van der Waals surface area contributed by atoms with Crippen LogP contribution in [0.15, 0.2) is 17.5 Å². The van der Waals surface area contributed by atoms with Crippen molar-refractivity contribution in [1.29, 1.82) is 0 Å². The van der Waals surface area contributed by atoms with Crippen molar-refractivity contribution < 1.29 is 27.5 Å². The van der Waals surface area contributed by atoms with Gasteiger partial charge < -0.3 is 19.3 Å². The van der Waals surface area contributed by atoms with E-state index in [-0.39, 0.29) is 18.9 Å². The highest BCUT2D eigenvalue weighted by molar-refractivity contribution is 7.92. The second kappa shape index (κ2) is 10.6. The van der Waals surface area contributed by atoms with Crippen LogP contribution in [0.5, 0.6) is 0 Å². The molecule has 3 rings (SSSR count). The highest BCUT2D eigenvalue weighted by Gasteiger charge is 2.44. The van der Waals surface area contributed by atoms with E-state index in [2.05, 4.69) is 4.72 Å². The molecule has 3 atom stereocenters. The van der Waals surface area contributed by atoms with Gasteiger partial charge in [-0.05, 0) is 38.0 Å². The number of ether oxygens (including phenoxy) is 2. The summed E-state index contributed by atoms with van der Waals surface area (Å²) in [5.74, 6) is -0.654. The van der Waals surface area contributed by atoms with Gasteiger partial charge in [-0.3, -0.25) is 9.59 Å². The van der Waals surface area contributed by atoms with Gasteiger partial charge in [0, 0.05) is 31.6 Å². The highest BCUT2D eigenvalue weighted by atomic mass is 35.5. The molecule has 12 heteroatoms. The number of carbonyl (C=O) groups excluding carboxylic acids is 2. The van der Waals surface area contributed by atoms with E-state index in [1.165, 1.54) is 23.3 Å². The number of carbonyl (C=O) groups is 2. The Kier molecular flexibility index (Phi) is 8.34. The largest absolute Gasteiger partial charge is 0.379 e. The van der Waals surface area contributed by atoms with E-state index in [0.717, 1.165) is 10.3 Å². The lowest BCUT2D eigenvalue weighted by molar-refractivity contribution is -0.152. The van der Waals surface area contributed by atoms with Gasteiger partial charge in [-0.25, -0.2) is 8.42 Å². The van der Waals surface area contributed by atoms with E-state index < -0.39 is 34.1 Å². The van der Waals surface area contributed by atoms with Crippen molar-refractivity contribution in [2.75, 3.05) is 40.0 Å². The van der Waals surface area contributed by atoms with E-state index >= 15 is 0 Å². The third kappa shape index (κ3) is 5.89. The number of nitrogens with one attached hydrogen (secondary N) is 1. The number of hydrogen-bond acceptors (Lipinski definition) is 7. The maximum Gasteiger partial charge on any atom is 0.248 e. The van der Waals surface area contributed by atoms with Gasteiger partial charge in [0.1, 0.15) is 12.1 Å². The fourth-order valence-corrected chi connectivity index (χ4v) is 6.19. The molecule has 2 aliphatic rings. The molecule has 178 valence electrons. The van der Waals surface area contributed by atoms with Crippen molar-refractivity contribution in [3.05, 3.63) is 26.8 Å². The van der Waals surface area contributed by atoms with Crippen LogP contribution >= 0.6 is 22.9 Å². The number of thiophene rings is 1. The lowest BCUT2D eigenvalue weighted by Gasteiger charge is -2.36. The van der Waals surface area contributed by atoms with Crippen LogP contribution < -0.4 is 4.72 Å². The van der Waals surface area contributed by atoms with E-state index in [1.807, 2.05) is 0 Å². The average molecular weight is 506 g/mol. The molecule has 32 heavy (non-hydrogen) atoms. The Labute approximate surface area is 197 Å². The van der Waals surface area contributed by atoms with Crippen LogP contribution in [0.1, 0.15) is 25.1 Å². The number of methoxy groups -OCH3 is 1. The predicted octanol–water partition coefficient (Wildman–Crippen LogP) is 1.54. The third-order valence-corrected chi connectivity index (χ3v) is 8.21. The summed E-state index contributed by atoms with van der Waals surface area (Å²) < 4.78 is 39.1. The van der Waals surface area contributed by atoms with Gasteiger partial charge >= 0.3 is 0 Å². The first-order valence-corrected chi connectivity index (χ1v) is 13.0. The quantitative estimate of drug-likeness (QED) is 0.574. The van der Waals surface area contributed by atoms with Crippen molar-refractivity contribution in [3.63, 3.8) is 0 Å². The van der Waals surface area contributed by atoms with E-state index in [4.69, 9.17) is 21.1 Å². The Bertz CT molecular complexity index is 974. The summed E-state index contributed by atoms with van der Waals surface area (Å²) in [5.41, 5.74) is 0.519. The van der Waals surface area contributed by atoms with Crippen LogP contribution in [0, 0.1) is 0 Å². The number of halogens is 1. The molecule has 2 saturated heterocycles. The lowest BCUT2D eigenvalue weighted by Crippen LogP contribution is -2.57. The Morgan fingerprint density at radius 1 is 1.34 bits per heavy atom. The molecular weight excluding hydrogens is 478 g/mol. The number of amides is 2. The highest BCUT2D eigenvalue weighted by Crippen LogP contribution is 2.28. The summed E-state index contributed by atoms with van der Waals surface area (Å²) in [4.78, 5) is 30.1. The Balaban J connectivity index is 1.73. The topological polar surface area (TPSA) is 105 Å². The first-order chi connectivity index (χ1) is 15.1. The summed E-state index contributed by atoms with van der Waals surface area (Å²) in [6, 6.07) is 1.66. The van der Waals surface area contributed by atoms with Crippen LogP contribution in [0.25, 0.3) is 5.57 Å². The number of allylic oxidation sites excluding steroid dienone is 1. The van der Waals surface area contributed by atoms with E-state index in [1.54, 1.807) is 30.9 Å². The molecule has 2 fully saturated rings. The molecule has 0 spiro atoms. The minimum Gasteiger partial charge on any atom is -0.379 e. The zero-order valence-corrected chi connectivity index (χ0v) is 20.6. The standard InChI is InChI=1S/C20H28ClN3O6S2/c1-13(16-4-5-17(21)31-16)12-32(27,28)22-15-6-7-24(19(15)25)18(14(2)29-3)20(26)23-8-10-30-11-9-23/h4-5,12,14-15,18,22H,6-11H2,1-3H3/b13-12+/t14-,15+,18+/m1/s1. The first kappa shape index (κ1) is 25.1. The van der Waals surface area contributed by atoms with E-state index in [9.17, 15) is 18.0 Å². The monoisotopic (exact) mass is 505 g/mol. The number of sulfonamides is 1. The van der Waals surface area contributed by atoms with Crippen LogP contribution in [-0.4, -0.2) is 88.2 Å². The van der Waals surface area contributed by atoms with Crippen molar-refractivity contribution >= 4 is 50.3 Å².